The van der Waals surface area contributed by atoms with E-state index < -0.39 is 11.2 Å². The molecule has 98 valence electrons. The molecule has 0 bridgehead atoms. The third-order valence-corrected chi connectivity index (χ3v) is 2.81. The number of rotatable bonds is 3. The number of pyridine rings is 1. The number of nitrogens with zero attached hydrogens (tertiary/aromatic N) is 3. The van der Waals surface area contributed by atoms with Crippen molar-refractivity contribution < 1.29 is 4.79 Å². The zero-order valence-electron chi connectivity index (χ0n) is 10.7. The lowest BCUT2D eigenvalue weighted by molar-refractivity contribution is 0.101. The summed E-state index contributed by atoms with van der Waals surface area (Å²) in [5.41, 5.74) is -0.206. The quantitative estimate of drug-likeness (QED) is 0.738. The first kappa shape index (κ1) is 12.9. The minimum Gasteiger partial charge on any atom is -0.295 e. The predicted octanol–water partition coefficient (Wildman–Crippen LogP) is 0.193. The van der Waals surface area contributed by atoms with E-state index in [0.717, 1.165) is 10.1 Å². The monoisotopic (exact) mass is 259 g/mol. The number of hydrogen-bond acceptors (Lipinski definition) is 4. The number of carbonyl (C=O) groups excluding carboxylic acids is 1. The fourth-order valence-corrected chi connectivity index (χ4v) is 1.77. The van der Waals surface area contributed by atoms with Gasteiger partial charge in [-0.15, -0.1) is 0 Å². The smallest absolute Gasteiger partial charge is 0.295 e. The van der Waals surface area contributed by atoms with Gasteiger partial charge in [-0.1, -0.05) is 6.07 Å². The maximum Gasteiger partial charge on any atom is 0.331 e. The second-order valence-electron chi connectivity index (χ2n) is 4.23. The topological polar surface area (TPSA) is 74.0 Å². The van der Waals surface area contributed by atoms with Crippen LogP contribution in [0.5, 0.6) is 0 Å². The molecule has 0 spiro atoms. The average Bonchev–Trinajstić information content (AvgIpc) is 2.40. The minimum absolute atomic E-state index is 0.00555. The molecule has 0 unspecified atom stereocenters. The van der Waals surface area contributed by atoms with Crippen LogP contribution in [0, 0.1) is 0 Å². The van der Waals surface area contributed by atoms with Gasteiger partial charge in [-0.3, -0.25) is 23.7 Å². The lowest BCUT2D eigenvalue weighted by Crippen LogP contribution is -2.40. The van der Waals surface area contributed by atoms with Crippen LogP contribution in [0.2, 0.25) is 0 Å². The molecule has 0 aliphatic carbocycles. The molecule has 2 aromatic heterocycles. The second kappa shape index (κ2) is 5.01. The van der Waals surface area contributed by atoms with Gasteiger partial charge in [0.15, 0.2) is 5.78 Å². The molecule has 0 saturated heterocycles. The molecule has 19 heavy (non-hydrogen) atoms. The van der Waals surface area contributed by atoms with Crippen molar-refractivity contribution in [2.45, 2.75) is 13.5 Å². The van der Waals surface area contributed by atoms with Crippen LogP contribution in [-0.2, 0) is 13.6 Å². The van der Waals surface area contributed by atoms with Gasteiger partial charge in [-0.2, -0.15) is 0 Å². The van der Waals surface area contributed by atoms with E-state index in [9.17, 15) is 14.4 Å². The van der Waals surface area contributed by atoms with Crippen molar-refractivity contribution in [3.63, 3.8) is 0 Å². The third kappa shape index (κ3) is 2.52. The molecule has 0 aliphatic heterocycles. The molecule has 0 amide bonds. The summed E-state index contributed by atoms with van der Waals surface area (Å²) < 4.78 is 2.27. The highest BCUT2D eigenvalue weighted by Crippen LogP contribution is 1.99. The van der Waals surface area contributed by atoms with Gasteiger partial charge in [0, 0.05) is 25.6 Å². The van der Waals surface area contributed by atoms with Gasteiger partial charge in [0.1, 0.15) is 0 Å². The number of carbonyl (C=O) groups is 1. The molecule has 2 heterocycles. The molecule has 0 radical (unpaired) electrons. The summed E-state index contributed by atoms with van der Waals surface area (Å²) in [7, 11) is 1.36. The molecule has 0 aromatic carbocycles. The van der Waals surface area contributed by atoms with E-state index in [1.807, 2.05) is 6.07 Å². The highest BCUT2D eigenvalue weighted by atomic mass is 16.2. The van der Waals surface area contributed by atoms with Crippen LogP contribution in [0.4, 0.5) is 0 Å². The fourth-order valence-electron chi connectivity index (χ4n) is 1.77. The standard InChI is InChI=1S/C13H13N3O3/c1-9(17)11-8-16(13(19)15(2)12(11)18)7-10-4-3-5-14-6-10/h3-6,8H,7H2,1-2H3. The molecule has 0 fully saturated rings. The van der Waals surface area contributed by atoms with Crippen molar-refractivity contribution in [1.29, 1.82) is 0 Å². The van der Waals surface area contributed by atoms with E-state index in [0.29, 0.717) is 0 Å². The van der Waals surface area contributed by atoms with E-state index in [4.69, 9.17) is 0 Å². The zero-order valence-corrected chi connectivity index (χ0v) is 10.7. The minimum atomic E-state index is -0.570. The van der Waals surface area contributed by atoms with Gasteiger partial charge in [-0.25, -0.2) is 4.79 Å². The van der Waals surface area contributed by atoms with Gasteiger partial charge in [0.05, 0.1) is 12.1 Å². The summed E-state index contributed by atoms with van der Waals surface area (Å²) in [4.78, 5) is 39.1. The summed E-state index contributed by atoms with van der Waals surface area (Å²) in [5, 5.41) is 0. The van der Waals surface area contributed by atoms with Crippen LogP contribution in [0.3, 0.4) is 0 Å². The van der Waals surface area contributed by atoms with Crippen molar-refractivity contribution in [2.24, 2.45) is 7.05 Å². The molecule has 0 atom stereocenters. The second-order valence-corrected chi connectivity index (χ2v) is 4.23. The van der Waals surface area contributed by atoms with Gasteiger partial charge in [0.25, 0.3) is 5.56 Å². The number of Topliss-reactive ketones (excluding diaryl/α,β-unsaturated/α-hetero) is 1. The molecule has 6 nitrogen and oxygen atoms in total. The average molecular weight is 259 g/mol. The first-order valence-electron chi connectivity index (χ1n) is 5.71. The summed E-state index contributed by atoms with van der Waals surface area (Å²) in [5.74, 6) is -0.361. The largest absolute Gasteiger partial charge is 0.331 e. The Labute approximate surface area is 109 Å². The van der Waals surface area contributed by atoms with Gasteiger partial charge in [-0.05, 0) is 18.6 Å². The van der Waals surface area contributed by atoms with Crippen LogP contribution in [0.1, 0.15) is 22.8 Å². The van der Waals surface area contributed by atoms with Crippen LogP contribution >= 0.6 is 0 Å². The summed E-state index contributed by atoms with van der Waals surface area (Å²) in [6.07, 6.45) is 4.57. The highest BCUT2D eigenvalue weighted by molar-refractivity contribution is 5.93. The first-order valence-corrected chi connectivity index (χ1v) is 5.71. The molecule has 0 N–H and O–H groups in total. The van der Waals surface area contributed by atoms with Crippen molar-refractivity contribution in [2.75, 3.05) is 0 Å². The fraction of sp³-hybridized carbons (Fsp3) is 0.231. The number of ketones is 1. The Morgan fingerprint density at radius 3 is 2.68 bits per heavy atom. The summed E-state index contributed by atoms with van der Waals surface area (Å²) >= 11 is 0. The lowest BCUT2D eigenvalue weighted by atomic mass is 10.2. The van der Waals surface area contributed by atoms with E-state index in [1.54, 1.807) is 18.5 Å². The maximum atomic E-state index is 12.0. The predicted molar refractivity (Wildman–Crippen MR) is 69.3 cm³/mol. The van der Waals surface area contributed by atoms with E-state index in [-0.39, 0.29) is 17.9 Å². The van der Waals surface area contributed by atoms with Gasteiger partial charge >= 0.3 is 5.69 Å². The maximum absolute atomic E-state index is 12.0. The van der Waals surface area contributed by atoms with Crippen molar-refractivity contribution in [1.82, 2.24) is 14.1 Å². The Kier molecular flexibility index (Phi) is 3.41. The summed E-state index contributed by atoms with van der Waals surface area (Å²) in [6.45, 7) is 1.57. The van der Waals surface area contributed by atoms with Gasteiger partial charge < -0.3 is 0 Å². The van der Waals surface area contributed by atoms with Gasteiger partial charge in [0.2, 0.25) is 0 Å². The van der Waals surface area contributed by atoms with Crippen LogP contribution in [0.15, 0.2) is 40.3 Å². The molecule has 0 aliphatic rings. The number of hydrogen-bond donors (Lipinski definition) is 0. The normalized spacial score (nSPS) is 10.4. The van der Waals surface area contributed by atoms with Crippen LogP contribution in [-0.4, -0.2) is 19.9 Å². The molecule has 2 aromatic rings. The van der Waals surface area contributed by atoms with E-state index >= 15 is 0 Å². The molecule has 2 rings (SSSR count). The van der Waals surface area contributed by atoms with Crippen molar-refractivity contribution in [3.8, 4) is 0 Å². The Morgan fingerprint density at radius 2 is 2.11 bits per heavy atom. The molecule has 6 heteroatoms. The first-order chi connectivity index (χ1) is 9.00. The van der Waals surface area contributed by atoms with Crippen LogP contribution in [0.25, 0.3) is 0 Å². The highest BCUT2D eigenvalue weighted by Gasteiger charge is 2.12. The van der Waals surface area contributed by atoms with Crippen LogP contribution < -0.4 is 11.2 Å². The van der Waals surface area contributed by atoms with Crippen molar-refractivity contribution in [3.05, 3.63) is 62.7 Å². The molecular formula is C13H13N3O3. The van der Waals surface area contributed by atoms with Crippen molar-refractivity contribution >= 4 is 5.78 Å². The van der Waals surface area contributed by atoms with E-state index in [1.165, 1.54) is 24.7 Å². The molecular weight excluding hydrogens is 246 g/mol. The summed E-state index contributed by atoms with van der Waals surface area (Å²) in [6, 6.07) is 3.58. The number of aromatic nitrogens is 3. The Hall–Kier alpha value is -2.50. The Balaban J connectivity index is 2.56. The Bertz CT molecular complexity index is 729. The Morgan fingerprint density at radius 1 is 1.37 bits per heavy atom. The SMILES string of the molecule is CC(=O)c1cn(Cc2cccnc2)c(=O)n(C)c1=O. The van der Waals surface area contributed by atoms with E-state index in [2.05, 4.69) is 4.98 Å². The lowest BCUT2D eigenvalue weighted by Gasteiger charge is -2.09. The zero-order chi connectivity index (χ0) is 14.0. The third-order valence-electron chi connectivity index (χ3n) is 2.81. The molecule has 0 saturated carbocycles.